The largest absolute Gasteiger partial charge is 0.495 e. The molecule has 0 atom stereocenters. The first-order valence-corrected chi connectivity index (χ1v) is 9.73. The van der Waals surface area contributed by atoms with E-state index in [1.165, 1.54) is 17.8 Å². The lowest BCUT2D eigenvalue weighted by atomic mass is 10.2. The van der Waals surface area contributed by atoms with Gasteiger partial charge in [-0.2, -0.15) is 0 Å². The Kier molecular flexibility index (Phi) is 6.59. The van der Waals surface area contributed by atoms with Gasteiger partial charge in [0.1, 0.15) is 11.6 Å². The van der Waals surface area contributed by atoms with Gasteiger partial charge in [0.15, 0.2) is 0 Å². The zero-order chi connectivity index (χ0) is 17.5. The molecule has 0 saturated carbocycles. The summed E-state index contributed by atoms with van der Waals surface area (Å²) in [4.78, 5) is 6.07. The van der Waals surface area contributed by atoms with Crippen LogP contribution in [0.15, 0.2) is 53.4 Å². The number of hydrogen-bond acceptors (Lipinski definition) is 4. The number of piperazine rings is 1. The lowest BCUT2D eigenvalue weighted by molar-refractivity contribution is 0.258. The number of halogens is 1. The third-order valence-corrected chi connectivity index (χ3v) is 5.60. The van der Waals surface area contributed by atoms with Crippen LogP contribution >= 0.6 is 11.8 Å². The van der Waals surface area contributed by atoms with E-state index in [0.29, 0.717) is 0 Å². The molecule has 1 aliphatic heterocycles. The molecule has 0 aromatic heterocycles. The molecule has 2 aromatic carbocycles. The number of para-hydroxylation sites is 2. The predicted octanol–water partition coefficient (Wildman–Crippen LogP) is 4.14. The molecule has 0 radical (unpaired) electrons. The SMILES string of the molecule is COc1ccccc1N1CCN(CCCSc2ccc(F)cc2)CC1. The van der Waals surface area contributed by atoms with Crippen molar-refractivity contribution in [1.82, 2.24) is 4.90 Å². The Labute approximate surface area is 153 Å². The quantitative estimate of drug-likeness (QED) is 0.544. The van der Waals surface area contributed by atoms with Gasteiger partial charge in [0.05, 0.1) is 12.8 Å². The molecule has 1 heterocycles. The van der Waals surface area contributed by atoms with Crippen LogP contribution in [0.4, 0.5) is 10.1 Å². The van der Waals surface area contributed by atoms with Crippen molar-refractivity contribution >= 4 is 17.4 Å². The second kappa shape index (κ2) is 9.11. The van der Waals surface area contributed by atoms with Gasteiger partial charge in [0.25, 0.3) is 0 Å². The molecule has 3 rings (SSSR count). The zero-order valence-electron chi connectivity index (χ0n) is 14.7. The molecule has 0 amide bonds. The Morgan fingerprint density at radius 1 is 1.00 bits per heavy atom. The van der Waals surface area contributed by atoms with E-state index in [1.54, 1.807) is 18.9 Å². The van der Waals surface area contributed by atoms with Crippen LogP contribution in [-0.2, 0) is 0 Å². The van der Waals surface area contributed by atoms with Gasteiger partial charge < -0.3 is 9.64 Å². The predicted molar refractivity (Wildman–Crippen MR) is 103 cm³/mol. The minimum atomic E-state index is -0.169. The molecule has 0 aliphatic carbocycles. The van der Waals surface area contributed by atoms with E-state index >= 15 is 0 Å². The van der Waals surface area contributed by atoms with Crippen molar-refractivity contribution in [3.05, 3.63) is 54.3 Å². The van der Waals surface area contributed by atoms with Crippen LogP contribution in [0.5, 0.6) is 5.75 Å². The smallest absolute Gasteiger partial charge is 0.142 e. The molecule has 2 aromatic rings. The van der Waals surface area contributed by atoms with E-state index in [2.05, 4.69) is 21.9 Å². The summed E-state index contributed by atoms with van der Waals surface area (Å²) in [5.74, 6) is 1.85. The van der Waals surface area contributed by atoms with E-state index < -0.39 is 0 Å². The number of hydrogen-bond donors (Lipinski definition) is 0. The van der Waals surface area contributed by atoms with Crippen LogP contribution in [0.25, 0.3) is 0 Å². The molecule has 3 nitrogen and oxygen atoms in total. The Hall–Kier alpha value is -1.72. The monoisotopic (exact) mass is 360 g/mol. The van der Waals surface area contributed by atoms with Crippen molar-refractivity contribution in [2.45, 2.75) is 11.3 Å². The van der Waals surface area contributed by atoms with Crippen LogP contribution < -0.4 is 9.64 Å². The van der Waals surface area contributed by atoms with Gasteiger partial charge in [-0.05, 0) is 55.1 Å². The van der Waals surface area contributed by atoms with Crippen molar-refractivity contribution in [2.24, 2.45) is 0 Å². The summed E-state index contributed by atoms with van der Waals surface area (Å²) in [6.45, 7) is 5.35. The minimum absolute atomic E-state index is 0.169. The average molecular weight is 360 g/mol. The highest BCUT2D eigenvalue weighted by Crippen LogP contribution is 2.28. The zero-order valence-corrected chi connectivity index (χ0v) is 15.5. The Bertz CT molecular complexity index is 657. The van der Waals surface area contributed by atoms with Gasteiger partial charge in [-0.15, -0.1) is 11.8 Å². The van der Waals surface area contributed by atoms with E-state index in [1.807, 2.05) is 24.3 Å². The number of anilines is 1. The molecule has 0 unspecified atom stereocenters. The summed E-state index contributed by atoms with van der Waals surface area (Å²) in [5.41, 5.74) is 1.19. The average Bonchev–Trinajstić information content (AvgIpc) is 2.67. The third kappa shape index (κ3) is 5.13. The van der Waals surface area contributed by atoms with E-state index in [4.69, 9.17) is 4.74 Å². The maximum atomic E-state index is 12.9. The first-order valence-electron chi connectivity index (χ1n) is 8.75. The molecule has 5 heteroatoms. The maximum absolute atomic E-state index is 12.9. The van der Waals surface area contributed by atoms with Crippen LogP contribution in [0.3, 0.4) is 0 Å². The molecule has 134 valence electrons. The highest BCUT2D eigenvalue weighted by molar-refractivity contribution is 7.99. The topological polar surface area (TPSA) is 15.7 Å². The van der Waals surface area contributed by atoms with Gasteiger partial charge in [-0.3, -0.25) is 4.90 Å². The Morgan fingerprint density at radius 2 is 1.72 bits per heavy atom. The summed E-state index contributed by atoms with van der Waals surface area (Å²) in [6.07, 6.45) is 1.15. The molecular weight excluding hydrogens is 335 g/mol. The number of ether oxygens (including phenoxy) is 1. The lowest BCUT2D eigenvalue weighted by Crippen LogP contribution is -2.46. The first kappa shape index (κ1) is 18.1. The second-order valence-corrected chi connectivity index (χ2v) is 7.32. The summed E-state index contributed by atoms with van der Waals surface area (Å²) in [5, 5.41) is 0. The van der Waals surface area contributed by atoms with Gasteiger partial charge in [0, 0.05) is 31.1 Å². The molecule has 0 spiro atoms. The van der Waals surface area contributed by atoms with Crippen molar-refractivity contribution in [1.29, 1.82) is 0 Å². The number of nitrogens with zero attached hydrogens (tertiary/aromatic N) is 2. The van der Waals surface area contributed by atoms with E-state index in [-0.39, 0.29) is 5.82 Å². The van der Waals surface area contributed by atoms with E-state index in [0.717, 1.165) is 55.5 Å². The second-order valence-electron chi connectivity index (χ2n) is 6.16. The van der Waals surface area contributed by atoms with Crippen LogP contribution in [0.1, 0.15) is 6.42 Å². The maximum Gasteiger partial charge on any atom is 0.142 e. The van der Waals surface area contributed by atoms with Crippen molar-refractivity contribution < 1.29 is 9.13 Å². The fourth-order valence-corrected chi connectivity index (χ4v) is 3.95. The van der Waals surface area contributed by atoms with Gasteiger partial charge in [-0.1, -0.05) is 12.1 Å². The minimum Gasteiger partial charge on any atom is -0.495 e. The first-order chi connectivity index (χ1) is 12.3. The molecule has 1 saturated heterocycles. The van der Waals surface area contributed by atoms with Crippen LogP contribution in [0.2, 0.25) is 0 Å². The molecule has 1 aliphatic rings. The normalized spacial score (nSPS) is 15.4. The van der Waals surface area contributed by atoms with E-state index in [9.17, 15) is 4.39 Å². The highest BCUT2D eigenvalue weighted by atomic mass is 32.2. The fourth-order valence-electron chi connectivity index (χ4n) is 3.11. The van der Waals surface area contributed by atoms with Crippen molar-refractivity contribution in [3.8, 4) is 5.75 Å². The van der Waals surface area contributed by atoms with Gasteiger partial charge >= 0.3 is 0 Å². The number of thioether (sulfide) groups is 1. The van der Waals surface area contributed by atoms with Crippen LogP contribution in [-0.4, -0.2) is 50.5 Å². The Balaban J connectivity index is 1.38. The van der Waals surface area contributed by atoms with Gasteiger partial charge in [0.2, 0.25) is 0 Å². The molecular formula is C20H25FN2OS. The van der Waals surface area contributed by atoms with Crippen LogP contribution in [0, 0.1) is 5.82 Å². The number of methoxy groups -OCH3 is 1. The highest BCUT2D eigenvalue weighted by Gasteiger charge is 2.18. The summed E-state index contributed by atoms with van der Waals surface area (Å²) >= 11 is 1.80. The molecule has 0 bridgehead atoms. The standard InChI is InChI=1S/C20H25FN2OS/c1-24-20-6-3-2-5-19(20)23-14-12-22(13-15-23)11-4-16-25-18-9-7-17(21)8-10-18/h2-3,5-10H,4,11-16H2,1H3. The number of rotatable bonds is 7. The van der Waals surface area contributed by atoms with Crippen molar-refractivity contribution in [3.63, 3.8) is 0 Å². The Morgan fingerprint density at radius 3 is 2.44 bits per heavy atom. The molecule has 1 fully saturated rings. The summed E-state index contributed by atoms with van der Waals surface area (Å²) < 4.78 is 18.4. The summed E-state index contributed by atoms with van der Waals surface area (Å²) in [7, 11) is 1.73. The fraction of sp³-hybridized carbons (Fsp3) is 0.400. The third-order valence-electron chi connectivity index (χ3n) is 4.50. The van der Waals surface area contributed by atoms with Gasteiger partial charge in [-0.25, -0.2) is 4.39 Å². The lowest BCUT2D eigenvalue weighted by Gasteiger charge is -2.36. The number of benzene rings is 2. The molecule has 0 N–H and O–H groups in total. The molecule has 25 heavy (non-hydrogen) atoms. The van der Waals surface area contributed by atoms with Crippen molar-refractivity contribution in [2.75, 3.05) is 50.5 Å². The summed E-state index contributed by atoms with van der Waals surface area (Å²) in [6, 6.07) is 15.0.